The fourth-order valence-corrected chi connectivity index (χ4v) is 5.30. The highest BCUT2D eigenvalue weighted by atomic mass is 15.2. The van der Waals surface area contributed by atoms with Crippen LogP contribution in [0.15, 0.2) is 48.5 Å². The zero-order valence-electron chi connectivity index (χ0n) is 17.6. The molecule has 149 valence electrons. The second-order valence-corrected chi connectivity index (χ2v) is 8.91. The number of hydrogen-bond acceptors (Lipinski definition) is 2. The van der Waals surface area contributed by atoms with Crippen LogP contribution in [0.25, 0.3) is 0 Å². The van der Waals surface area contributed by atoms with E-state index >= 15 is 0 Å². The second-order valence-electron chi connectivity index (χ2n) is 8.91. The zero-order chi connectivity index (χ0) is 19.6. The van der Waals surface area contributed by atoms with Crippen LogP contribution in [0.3, 0.4) is 0 Å². The first kappa shape index (κ1) is 19.5. The van der Waals surface area contributed by atoms with Gasteiger partial charge in [0.2, 0.25) is 0 Å². The normalized spacial score (nSPS) is 25.4. The zero-order valence-corrected chi connectivity index (χ0v) is 17.6. The first-order chi connectivity index (χ1) is 13.6. The van der Waals surface area contributed by atoms with E-state index < -0.39 is 0 Å². The fraction of sp³-hybridized carbons (Fsp3) is 0.520. The molecule has 3 heteroatoms. The topological polar surface area (TPSA) is 29.4 Å². The average Bonchev–Trinajstić information content (AvgIpc) is 2.69. The van der Waals surface area contributed by atoms with Crippen LogP contribution in [-0.2, 0) is 0 Å². The van der Waals surface area contributed by atoms with Gasteiger partial charge in [-0.2, -0.15) is 0 Å². The standard InChI is InChI=1S/C25H34N3/c1-19-8-7-9-20(2)24(19)23-18-22(27-21-10-5-4-6-11-21)12-17-28(23)25(3)13-15-26-16-14-25/h4-11,22-23,27H,12-18H2,1-3H3. The van der Waals surface area contributed by atoms with Crippen LogP contribution in [0.2, 0.25) is 0 Å². The monoisotopic (exact) mass is 376 g/mol. The molecule has 0 aromatic heterocycles. The summed E-state index contributed by atoms with van der Waals surface area (Å²) < 4.78 is 0. The molecular formula is C25H34N3. The number of hydrogen-bond donors (Lipinski definition) is 1. The minimum absolute atomic E-state index is 0.263. The molecule has 0 bridgehead atoms. The van der Waals surface area contributed by atoms with Crippen molar-refractivity contribution in [1.82, 2.24) is 10.2 Å². The van der Waals surface area contributed by atoms with Crippen molar-refractivity contribution in [1.29, 1.82) is 0 Å². The Morgan fingerprint density at radius 2 is 1.64 bits per heavy atom. The van der Waals surface area contributed by atoms with Crippen molar-refractivity contribution in [3.05, 3.63) is 65.2 Å². The van der Waals surface area contributed by atoms with E-state index in [0.717, 1.165) is 26.1 Å². The van der Waals surface area contributed by atoms with E-state index in [9.17, 15) is 0 Å². The first-order valence-electron chi connectivity index (χ1n) is 10.8. The molecule has 2 saturated heterocycles. The highest BCUT2D eigenvalue weighted by Gasteiger charge is 2.42. The molecule has 2 aromatic rings. The third-order valence-electron chi connectivity index (χ3n) is 6.93. The summed E-state index contributed by atoms with van der Waals surface area (Å²) in [7, 11) is 0. The van der Waals surface area contributed by atoms with E-state index in [0.29, 0.717) is 12.1 Å². The van der Waals surface area contributed by atoms with Crippen molar-refractivity contribution in [2.45, 2.75) is 64.1 Å². The Morgan fingerprint density at radius 3 is 2.32 bits per heavy atom. The highest BCUT2D eigenvalue weighted by Crippen LogP contribution is 2.42. The van der Waals surface area contributed by atoms with Crippen LogP contribution in [0.4, 0.5) is 5.69 Å². The minimum Gasteiger partial charge on any atom is -0.382 e. The molecule has 2 fully saturated rings. The molecule has 28 heavy (non-hydrogen) atoms. The van der Waals surface area contributed by atoms with Gasteiger partial charge in [0.05, 0.1) is 0 Å². The summed E-state index contributed by atoms with van der Waals surface area (Å²) in [5.74, 6) is 0. The van der Waals surface area contributed by atoms with Crippen molar-refractivity contribution in [3.63, 3.8) is 0 Å². The summed E-state index contributed by atoms with van der Waals surface area (Å²) in [4.78, 5) is 2.83. The van der Waals surface area contributed by atoms with Gasteiger partial charge < -0.3 is 5.32 Å². The number of benzene rings is 2. The number of nitrogens with one attached hydrogen (secondary N) is 1. The molecule has 2 aliphatic rings. The maximum atomic E-state index is 4.63. The molecule has 2 aromatic carbocycles. The van der Waals surface area contributed by atoms with Crippen LogP contribution < -0.4 is 10.6 Å². The second kappa shape index (κ2) is 8.26. The van der Waals surface area contributed by atoms with Crippen LogP contribution >= 0.6 is 0 Å². The molecule has 0 amide bonds. The Kier molecular flexibility index (Phi) is 5.75. The summed E-state index contributed by atoms with van der Waals surface area (Å²) in [6.45, 7) is 10.2. The van der Waals surface area contributed by atoms with Crippen LogP contribution in [0.5, 0.6) is 0 Å². The Bertz CT molecular complexity index is 759. The number of rotatable bonds is 4. The van der Waals surface area contributed by atoms with Gasteiger partial charge in [0.15, 0.2) is 0 Å². The summed E-state index contributed by atoms with van der Waals surface area (Å²) in [6.07, 6.45) is 4.73. The number of anilines is 1. The maximum absolute atomic E-state index is 4.63. The lowest BCUT2D eigenvalue weighted by atomic mass is 9.80. The van der Waals surface area contributed by atoms with Gasteiger partial charge in [0, 0.05) is 42.9 Å². The molecule has 0 saturated carbocycles. The van der Waals surface area contributed by atoms with Gasteiger partial charge in [-0.1, -0.05) is 36.4 Å². The smallest absolute Gasteiger partial charge is 0.0378 e. The lowest BCUT2D eigenvalue weighted by Crippen LogP contribution is -2.56. The lowest BCUT2D eigenvalue weighted by Gasteiger charge is -2.52. The van der Waals surface area contributed by atoms with E-state index in [1.54, 1.807) is 5.56 Å². The lowest BCUT2D eigenvalue weighted by molar-refractivity contribution is 0.00299. The van der Waals surface area contributed by atoms with E-state index in [1.807, 2.05) is 0 Å². The highest BCUT2D eigenvalue weighted by molar-refractivity contribution is 5.44. The van der Waals surface area contributed by atoms with Crippen molar-refractivity contribution < 1.29 is 0 Å². The third kappa shape index (κ3) is 3.97. The summed E-state index contributed by atoms with van der Waals surface area (Å²) in [6, 6.07) is 18.4. The minimum atomic E-state index is 0.263. The van der Waals surface area contributed by atoms with Crippen molar-refractivity contribution in [2.75, 3.05) is 25.0 Å². The van der Waals surface area contributed by atoms with Gasteiger partial charge in [0.25, 0.3) is 0 Å². The molecule has 2 atom stereocenters. The Labute approximate surface area is 170 Å². The SMILES string of the molecule is Cc1cccc(C)c1C1CC(Nc2ccccc2)CCN1C1(C)CC[N]CC1. The van der Waals surface area contributed by atoms with Gasteiger partial charge in [0.1, 0.15) is 0 Å². The molecule has 2 unspecified atom stereocenters. The van der Waals surface area contributed by atoms with Gasteiger partial charge >= 0.3 is 0 Å². The number of para-hydroxylation sites is 1. The van der Waals surface area contributed by atoms with Crippen molar-refractivity contribution >= 4 is 5.69 Å². The molecular weight excluding hydrogens is 342 g/mol. The molecule has 0 spiro atoms. The van der Waals surface area contributed by atoms with Crippen molar-refractivity contribution in [3.8, 4) is 0 Å². The van der Waals surface area contributed by atoms with E-state index in [1.165, 1.54) is 36.1 Å². The molecule has 3 nitrogen and oxygen atoms in total. The quantitative estimate of drug-likeness (QED) is 0.806. The van der Waals surface area contributed by atoms with E-state index in [2.05, 4.69) is 84.8 Å². The van der Waals surface area contributed by atoms with Gasteiger partial charge in [-0.15, -0.1) is 0 Å². The predicted molar refractivity (Wildman–Crippen MR) is 118 cm³/mol. The predicted octanol–water partition coefficient (Wildman–Crippen LogP) is 5.08. The van der Waals surface area contributed by atoms with Gasteiger partial charge in [-0.25, -0.2) is 5.32 Å². The average molecular weight is 377 g/mol. The summed E-state index contributed by atoms with van der Waals surface area (Å²) >= 11 is 0. The van der Waals surface area contributed by atoms with Crippen LogP contribution in [0, 0.1) is 13.8 Å². The molecule has 2 aliphatic heterocycles. The third-order valence-corrected chi connectivity index (χ3v) is 6.93. The molecule has 0 aliphatic carbocycles. The van der Waals surface area contributed by atoms with Crippen LogP contribution in [0.1, 0.15) is 55.3 Å². The number of aryl methyl sites for hydroxylation is 2. The number of likely N-dealkylation sites (tertiary alicyclic amines) is 1. The molecule has 1 radical (unpaired) electrons. The number of piperidine rings is 2. The Morgan fingerprint density at radius 1 is 0.964 bits per heavy atom. The number of nitrogens with zero attached hydrogens (tertiary/aromatic N) is 2. The summed E-state index contributed by atoms with van der Waals surface area (Å²) in [5, 5.41) is 8.44. The Hall–Kier alpha value is -1.84. The van der Waals surface area contributed by atoms with Crippen molar-refractivity contribution in [2.24, 2.45) is 0 Å². The molecule has 4 rings (SSSR count). The summed E-state index contributed by atoms with van der Waals surface area (Å²) in [5.41, 5.74) is 5.91. The largest absolute Gasteiger partial charge is 0.382 e. The maximum Gasteiger partial charge on any atom is 0.0378 e. The first-order valence-corrected chi connectivity index (χ1v) is 10.8. The Balaban J connectivity index is 1.64. The van der Waals surface area contributed by atoms with E-state index in [-0.39, 0.29) is 5.54 Å². The van der Waals surface area contributed by atoms with E-state index in [4.69, 9.17) is 0 Å². The molecule has 2 heterocycles. The fourth-order valence-electron chi connectivity index (χ4n) is 5.30. The molecule has 1 N–H and O–H groups in total. The van der Waals surface area contributed by atoms with Crippen LogP contribution in [-0.4, -0.2) is 36.1 Å². The van der Waals surface area contributed by atoms with Gasteiger partial charge in [-0.05, 0) is 75.3 Å². The van der Waals surface area contributed by atoms with Gasteiger partial charge in [-0.3, -0.25) is 4.90 Å².